The summed E-state index contributed by atoms with van der Waals surface area (Å²) in [6, 6.07) is 0. The molecule has 7 heteroatoms. The smallest absolute Gasteiger partial charge is 0.303 e. The number of nitrogens with zero attached hydrogens (tertiary/aromatic N) is 3. The molecule has 0 aliphatic carbocycles. The van der Waals surface area contributed by atoms with E-state index in [0.717, 1.165) is 5.57 Å². The van der Waals surface area contributed by atoms with Crippen molar-refractivity contribution in [2.75, 3.05) is 0 Å². The van der Waals surface area contributed by atoms with Crippen molar-refractivity contribution in [1.29, 1.82) is 0 Å². The number of allylic oxidation sites excluding steroid dienone is 2. The Hall–Kier alpha value is -2.44. The van der Waals surface area contributed by atoms with Crippen LogP contribution in [0, 0.1) is 0 Å². The van der Waals surface area contributed by atoms with Gasteiger partial charge in [0.15, 0.2) is 11.2 Å². The Balaban J connectivity index is 2.14. The average molecular weight is 262 g/mol. The van der Waals surface area contributed by atoms with Gasteiger partial charge in [0.05, 0.1) is 12.7 Å². The Bertz CT molecular complexity index is 684. The molecule has 2 N–H and O–H groups in total. The van der Waals surface area contributed by atoms with Gasteiger partial charge < -0.3 is 14.7 Å². The zero-order valence-corrected chi connectivity index (χ0v) is 10.5. The van der Waals surface area contributed by atoms with E-state index in [1.54, 1.807) is 10.9 Å². The van der Waals surface area contributed by atoms with Gasteiger partial charge >= 0.3 is 5.97 Å². The lowest BCUT2D eigenvalue weighted by Crippen LogP contribution is -2.07. The molecule has 0 aromatic carbocycles. The molecule has 0 atom stereocenters. The Morgan fingerprint density at radius 3 is 3.00 bits per heavy atom. The second kappa shape index (κ2) is 5.47. The summed E-state index contributed by atoms with van der Waals surface area (Å²) < 4.78 is 1.74. The number of aliphatic carboxylic acids is 1. The number of aromatic amines is 1. The molecule has 0 unspecified atom stereocenters. The fourth-order valence-electron chi connectivity index (χ4n) is 1.69. The fourth-order valence-corrected chi connectivity index (χ4v) is 1.69. The van der Waals surface area contributed by atoms with E-state index < -0.39 is 5.97 Å². The number of H-pyrrole nitrogens is 1. The van der Waals surface area contributed by atoms with E-state index in [9.17, 15) is 9.59 Å². The van der Waals surface area contributed by atoms with Crippen LogP contribution < -0.4 is 5.56 Å². The number of carboxylic acids is 1. The normalized spacial score (nSPS) is 11.9. The van der Waals surface area contributed by atoms with Crippen LogP contribution in [0.15, 0.2) is 29.1 Å². The van der Waals surface area contributed by atoms with Crippen LogP contribution in [0.2, 0.25) is 0 Å². The Morgan fingerprint density at radius 1 is 1.47 bits per heavy atom. The Kier molecular flexibility index (Phi) is 3.74. The van der Waals surface area contributed by atoms with Crippen molar-refractivity contribution < 1.29 is 9.90 Å². The van der Waals surface area contributed by atoms with Crippen LogP contribution in [-0.4, -0.2) is 30.6 Å². The lowest BCUT2D eigenvalue weighted by Gasteiger charge is -2.01. The van der Waals surface area contributed by atoms with Crippen molar-refractivity contribution in [2.24, 2.45) is 0 Å². The first-order chi connectivity index (χ1) is 9.08. The van der Waals surface area contributed by atoms with Crippen molar-refractivity contribution in [3.63, 3.8) is 0 Å². The summed E-state index contributed by atoms with van der Waals surface area (Å²) in [7, 11) is 0. The summed E-state index contributed by atoms with van der Waals surface area (Å²) in [4.78, 5) is 32.5. The molecule has 0 spiro atoms. The summed E-state index contributed by atoms with van der Waals surface area (Å²) >= 11 is 0. The van der Waals surface area contributed by atoms with Gasteiger partial charge in [-0.25, -0.2) is 9.97 Å². The minimum atomic E-state index is -0.811. The Labute approximate surface area is 108 Å². The maximum atomic E-state index is 11.5. The molecule has 0 fully saturated rings. The van der Waals surface area contributed by atoms with Crippen LogP contribution >= 0.6 is 0 Å². The van der Waals surface area contributed by atoms with Crippen LogP contribution in [0.4, 0.5) is 0 Å². The van der Waals surface area contributed by atoms with E-state index in [1.165, 1.54) is 6.33 Å². The topological polar surface area (TPSA) is 101 Å². The summed E-state index contributed by atoms with van der Waals surface area (Å²) in [5.74, 6) is -0.811. The highest BCUT2D eigenvalue weighted by molar-refractivity contribution is 5.68. The van der Waals surface area contributed by atoms with Gasteiger partial charge in [-0.05, 0) is 13.3 Å². The number of fused-ring (bicyclic) bond motifs is 1. The summed E-state index contributed by atoms with van der Waals surface area (Å²) in [5, 5.41) is 8.60. The first-order valence-corrected chi connectivity index (χ1v) is 5.84. The number of nitrogens with one attached hydrogen (secondary N) is 1. The van der Waals surface area contributed by atoms with Gasteiger partial charge in [0, 0.05) is 13.0 Å². The second-order valence-corrected chi connectivity index (χ2v) is 4.25. The molecule has 0 bridgehead atoms. The van der Waals surface area contributed by atoms with Crippen molar-refractivity contribution in [1.82, 2.24) is 19.5 Å². The number of carbonyl (C=O) groups is 1. The van der Waals surface area contributed by atoms with Gasteiger partial charge in [0.1, 0.15) is 0 Å². The average Bonchev–Trinajstić information content (AvgIpc) is 2.78. The zero-order chi connectivity index (χ0) is 13.8. The minimum Gasteiger partial charge on any atom is -0.481 e. The first-order valence-electron chi connectivity index (χ1n) is 5.84. The predicted octanol–water partition coefficient (Wildman–Crippen LogP) is 0.931. The molecular weight excluding hydrogens is 248 g/mol. The van der Waals surface area contributed by atoms with E-state index in [2.05, 4.69) is 15.0 Å². The molecule has 0 amide bonds. The molecule has 0 saturated heterocycles. The lowest BCUT2D eigenvalue weighted by molar-refractivity contribution is -0.136. The van der Waals surface area contributed by atoms with Gasteiger partial charge in [0.2, 0.25) is 0 Å². The molecule has 2 aromatic heterocycles. The third-order valence-electron chi connectivity index (χ3n) is 2.78. The molecule has 7 nitrogen and oxygen atoms in total. The van der Waals surface area contributed by atoms with Crippen LogP contribution in [0.25, 0.3) is 11.2 Å². The third kappa shape index (κ3) is 3.06. The highest BCUT2D eigenvalue weighted by Crippen LogP contribution is 2.07. The fraction of sp³-hybridized carbons (Fsp3) is 0.333. The van der Waals surface area contributed by atoms with Gasteiger partial charge in [-0.2, -0.15) is 0 Å². The SMILES string of the molecule is C/C(=C\Cn1cnc2c(=O)[nH]cnc21)CCC(=O)O. The maximum absolute atomic E-state index is 11.5. The van der Waals surface area contributed by atoms with Crippen LogP contribution in [0.3, 0.4) is 0 Å². The molecule has 100 valence electrons. The zero-order valence-electron chi connectivity index (χ0n) is 10.5. The van der Waals surface area contributed by atoms with E-state index in [4.69, 9.17) is 5.11 Å². The Morgan fingerprint density at radius 2 is 2.26 bits per heavy atom. The van der Waals surface area contributed by atoms with Crippen LogP contribution in [-0.2, 0) is 11.3 Å². The van der Waals surface area contributed by atoms with E-state index in [-0.39, 0.29) is 12.0 Å². The standard InChI is InChI=1S/C12H14N4O3/c1-8(2-3-9(17)18)4-5-16-7-15-10-11(16)13-6-14-12(10)19/h4,6-7H,2-3,5H2,1H3,(H,17,18)(H,13,14,19)/b8-4+. The number of rotatable bonds is 5. The number of carboxylic acid groups (broad SMARTS) is 1. The van der Waals surface area contributed by atoms with Gasteiger partial charge in [-0.1, -0.05) is 11.6 Å². The number of hydrogen-bond acceptors (Lipinski definition) is 4. The molecule has 0 aliphatic heterocycles. The van der Waals surface area contributed by atoms with E-state index in [1.807, 2.05) is 13.0 Å². The monoisotopic (exact) mass is 262 g/mol. The van der Waals surface area contributed by atoms with Crippen molar-refractivity contribution in [2.45, 2.75) is 26.3 Å². The number of imidazole rings is 1. The summed E-state index contributed by atoms with van der Waals surface area (Å²) in [6.07, 6.45) is 5.42. The third-order valence-corrected chi connectivity index (χ3v) is 2.78. The highest BCUT2D eigenvalue weighted by atomic mass is 16.4. The number of hydrogen-bond donors (Lipinski definition) is 2. The maximum Gasteiger partial charge on any atom is 0.303 e. The lowest BCUT2D eigenvalue weighted by atomic mass is 10.1. The van der Waals surface area contributed by atoms with Crippen LogP contribution in [0.5, 0.6) is 0 Å². The molecular formula is C12H14N4O3. The molecule has 2 rings (SSSR count). The predicted molar refractivity (Wildman–Crippen MR) is 68.8 cm³/mol. The second-order valence-electron chi connectivity index (χ2n) is 4.25. The van der Waals surface area contributed by atoms with Crippen molar-refractivity contribution in [3.05, 3.63) is 34.7 Å². The van der Waals surface area contributed by atoms with Gasteiger partial charge in [-0.3, -0.25) is 9.59 Å². The van der Waals surface area contributed by atoms with E-state index in [0.29, 0.717) is 24.1 Å². The molecule has 0 saturated carbocycles. The highest BCUT2D eigenvalue weighted by Gasteiger charge is 2.06. The molecule has 0 radical (unpaired) electrons. The van der Waals surface area contributed by atoms with Gasteiger partial charge in [-0.15, -0.1) is 0 Å². The minimum absolute atomic E-state index is 0.116. The van der Waals surface area contributed by atoms with Gasteiger partial charge in [0.25, 0.3) is 5.56 Å². The molecule has 19 heavy (non-hydrogen) atoms. The largest absolute Gasteiger partial charge is 0.481 e. The summed E-state index contributed by atoms with van der Waals surface area (Å²) in [5.41, 5.74) is 1.54. The van der Waals surface area contributed by atoms with Crippen molar-refractivity contribution in [3.8, 4) is 0 Å². The summed E-state index contributed by atoms with van der Waals surface area (Å²) in [6.45, 7) is 2.39. The van der Waals surface area contributed by atoms with E-state index >= 15 is 0 Å². The molecule has 0 aliphatic rings. The first kappa shape index (κ1) is 13.0. The molecule has 2 aromatic rings. The number of aromatic nitrogens is 4. The quantitative estimate of drug-likeness (QED) is 0.780. The van der Waals surface area contributed by atoms with Crippen LogP contribution in [0.1, 0.15) is 19.8 Å². The molecule has 2 heterocycles. The van der Waals surface area contributed by atoms with Crippen molar-refractivity contribution >= 4 is 17.1 Å².